The summed E-state index contributed by atoms with van der Waals surface area (Å²) in [6.45, 7) is 10.8. The van der Waals surface area contributed by atoms with Crippen LogP contribution in [0.1, 0.15) is 64.2 Å². The standard InChI is InChI=1S/C18H28O2/c1-6-18(12-14(2)3,13-15(4)5)20-17(19)16-10-8-7-9-11-16/h7-11,14-15H,6,12-13H2,1-5H3. The predicted octanol–water partition coefficient (Wildman–Crippen LogP) is 5.08. The van der Waals surface area contributed by atoms with Crippen LogP contribution >= 0.6 is 0 Å². The molecule has 0 N–H and O–H groups in total. The lowest BCUT2D eigenvalue weighted by atomic mass is 9.82. The minimum Gasteiger partial charge on any atom is -0.455 e. The van der Waals surface area contributed by atoms with Gasteiger partial charge in [0.2, 0.25) is 0 Å². The van der Waals surface area contributed by atoms with Gasteiger partial charge in [-0.15, -0.1) is 0 Å². The summed E-state index contributed by atoms with van der Waals surface area (Å²) in [6, 6.07) is 9.28. The van der Waals surface area contributed by atoms with Gasteiger partial charge in [0.15, 0.2) is 0 Å². The average Bonchev–Trinajstić information content (AvgIpc) is 2.38. The van der Waals surface area contributed by atoms with Crippen molar-refractivity contribution in [1.29, 1.82) is 0 Å². The van der Waals surface area contributed by atoms with Gasteiger partial charge in [0.05, 0.1) is 5.56 Å². The Labute approximate surface area is 123 Å². The first-order chi connectivity index (χ1) is 9.38. The van der Waals surface area contributed by atoms with Gasteiger partial charge in [-0.25, -0.2) is 4.79 Å². The largest absolute Gasteiger partial charge is 0.455 e. The highest BCUT2D eigenvalue weighted by Crippen LogP contribution is 2.33. The molecule has 1 aromatic carbocycles. The molecule has 0 aliphatic carbocycles. The first-order valence-corrected chi connectivity index (χ1v) is 7.67. The zero-order valence-corrected chi connectivity index (χ0v) is 13.5. The van der Waals surface area contributed by atoms with Crippen molar-refractivity contribution >= 4 is 5.97 Å². The van der Waals surface area contributed by atoms with Gasteiger partial charge in [0, 0.05) is 0 Å². The minimum atomic E-state index is -0.338. The molecule has 0 amide bonds. The van der Waals surface area contributed by atoms with Crippen molar-refractivity contribution in [2.24, 2.45) is 11.8 Å². The maximum Gasteiger partial charge on any atom is 0.338 e. The summed E-state index contributed by atoms with van der Waals surface area (Å²) in [5.74, 6) is 0.822. The van der Waals surface area contributed by atoms with Crippen LogP contribution in [0.4, 0.5) is 0 Å². The van der Waals surface area contributed by atoms with Crippen LogP contribution in [0.3, 0.4) is 0 Å². The smallest absolute Gasteiger partial charge is 0.338 e. The molecule has 0 aliphatic heterocycles. The second-order valence-electron chi connectivity index (χ2n) is 6.49. The molecule has 0 heterocycles. The Bertz CT molecular complexity index is 397. The molecule has 0 bridgehead atoms. The summed E-state index contributed by atoms with van der Waals surface area (Å²) < 4.78 is 5.96. The Kier molecular flexibility index (Phi) is 6.25. The third-order valence-corrected chi connectivity index (χ3v) is 3.52. The van der Waals surface area contributed by atoms with E-state index >= 15 is 0 Å². The van der Waals surface area contributed by atoms with Crippen LogP contribution in [0.5, 0.6) is 0 Å². The molecule has 0 atom stereocenters. The molecule has 0 radical (unpaired) electrons. The molecular weight excluding hydrogens is 248 g/mol. The zero-order valence-electron chi connectivity index (χ0n) is 13.5. The summed E-state index contributed by atoms with van der Waals surface area (Å²) in [7, 11) is 0. The summed E-state index contributed by atoms with van der Waals surface area (Å²) in [6.07, 6.45) is 2.70. The number of hydrogen-bond acceptors (Lipinski definition) is 2. The van der Waals surface area contributed by atoms with Crippen LogP contribution in [-0.4, -0.2) is 11.6 Å². The second-order valence-corrected chi connectivity index (χ2v) is 6.49. The van der Waals surface area contributed by atoms with Crippen LogP contribution in [0, 0.1) is 11.8 Å². The Morgan fingerprint density at radius 2 is 1.55 bits per heavy atom. The summed E-state index contributed by atoms with van der Waals surface area (Å²) in [5, 5.41) is 0. The maximum absolute atomic E-state index is 12.4. The van der Waals surface area contributed by atoms with Gasteiger partial charge in [-0.3, -0.25) is 0 Å². The molecule has 20 heavy (non-hydrogen) atoms. The monoisotopic (exact) mass is 276 g/mol. The van der Waals surface area contributed by atoms with Crippen molar-refractivity contribution in [2.45, 2.75) is 59.5 Å². The molecule has 0 aliphatic rings. The molecule has 0 spiro atoms. The Morgan fingerprint density at radius 1 is 1.05 bits per heavy atom. The fraction of sp³-hybridized carbons (Fsp3) is 0.611. The van der Waals surface area contributed by atoms with E-state index in [4.69, 9.17) is 4.74 Å². The van der Waals surface area contributed by atoms with E-state index in [9.17, 15) is 4.79 Å². The lowest BCUT2D eigenvalue weighted by Crippen LogP contribution is -2.37. The van der Waals surface area contributed by atoms with E-state index in [1.54, 1.807) is 0 Å². The van der Waals surface area contributed by atoms with Gasteiger partial charge >= 0.3 is 5.97 Å². The molecule has 0 aromatic heterocycles. The fourth-order valence-corrected chi connectivity index (χ4v) is 2.85. The maximum atomic E-state index is 12.4. The van der Waals surface area contributed by atoms with Crippen molar-refractivity contribution in [3.63, 3.8) is 0 Å². The van der Waals surface area contributed by atoms with Crippen molar-refractivity contribution in [1.82, 2.24) is 0 Å². The zero-order chi connectivity index (χ0) is 15.2. The molecule has 1 aromatic rings. The molecule has 0 saturated heterocycles. The quantitative estimate of drug-likeness (QED) is 0.649. The molecular formula is C18H28O2. The van der Waals surface area contributed by atoms with Crippen molar-refractivity contribution in [3.8, 4) is 0 Å². The van der Waals surface area contributed by atoms with E-state index < -0.39 is 0 Å². The number of hydrogen-bond donors (Lipinski definition) is 0. The number of esters is 1. The Morgan fingerprint density at radius 3 is 1.95 bits per heavy atom. The highest BCUT2D eigenvalue weighted by atomic mass is 16.6. The van der Waals surface area contributed by atoms with Crippen LogP contribution in [0.2, 0.25) is 0 Å². The number of carbonyl (C=O) groups is 1. The molecule has 2 nitrogen and oxygen atoms in total. The fourth-order valence-electron chi connectivity index (χ4n) is 2.85. The van der Waals surface area contributed by atoms with Crippen LogP contribution < -0.4 is 0 Å². The minimum absolute atomic E-state index is 0.200. The van der Waals surface area contributed by atoms with E-state index in [0.717, 1.165) is 19.3 Å². The van der Waals surface area contributed by atoms with Crippen LogP contribution in [0.15, 0.2) is 30.3 Å². The number of ether oxygens (including phenoxy) is 1. The molecule has 112 valence electrons. The van der Waals surface area contributed by atoms with Gasteiger partial charge in [-0.05, 0) is 43.2 Å². The average molecular weight is 276 g/mol. The van der Waals surface area contributed by atoms with E-state index in [2.05, 4.69) is 34.6 Å². The molecule has 0 saturated carbocycles. The molecule has 1 rings (SSSR count). The predicted molar refractivity (Wildman–Crippen MR) is 83.8 cm³/mol. The highest BCUT2D eigenvalue weighted by Gasteiger charge is 2.34. The number of benzene rings is 1. The molecule has 0 unspecified atom stereocenters. The van der Waals surface area contributed by atoms with Crippen molar-refractivity contribution < 1.29 is 9.53 Å². The van der Waals surface area contributed by atoms with E-state index in [0.29, 0.717) is 17.4 Å². The van der Waals surface area contributed by atoms with Crippen LogP contribution in [0.25, 0.3) is 0 Å². The summed E-state index contributed by atoms with van der Waals surface area (Å²) >= 11 is 0. The van der Waals surface area contributed by atoms with Gasteiger partial charge in [-0.1, -0.05) is 52.8 Å². The van der Waals surface area contributed by atoms with E-state index in [1.807, 2.05) is 30.3 Å². The summed E-state index contributed by atoms with van der Waals surface area (Å²) in [4.78, 5) is 12.4. The molecule has 0 fully saturated rings. The number of rotatable bonds is 7. The first kappa shape index (κ1) is 16.7. The molecule has 2 heteroatoms. The summed E-state index contributed by atoms with van der Waals surface area (Å²) in [5.41, 5.74) is 0.299. The van der Waals surface area contributed by atoms with E-state index in [-0.39, 0.29) is 11.6 Å². The van der Waals surface area contributed by atoms with Crippen molar-refractivity contribution in [3.05, 3.63) is 35.9 Å². The van der Waals surface area contributed by atoms with Gasteiger partial charge in [0.1, 0.15) is 5.60 Å². The lowest BCUT2D eigenvalue weighted by Gasteiger charge is -2.35. The van der Waals surface area contributed by atoms with Gasteiger partial charge < -0.3 is 4.74 Å². The Hall–Kier alpha value is -1.31. The highest BCUT2D eigenvalue weighted by molar-refractivity contribution is 5.89. The third kappa shape index (κ3) is 4.99. The van der Waals surface area contributed by atoms with Crippen molar-refractivity contribution in [2.75, 3.05) is 0 Å². The van der Waals surface area contributed by atoms with Gasteiger partial charge in [0.25, 0.3) is 0 Å². The van der Waals surface area contributed by atoms with E-state index in [1.165, 1.54) is 0 Å². The Balaban J connectivity index is 2.90. The van der Waals surface area contributed by atoms with Crippen LogP contribution in [-0.2, 0) is 4.74 Å². The van der Waals surface area contributed by atoms with Gasteiger partial charge in [-0.2, -0.15) is 0 Å². The SMILES string of the molecule is CCC(CC(C)C)(CC(C)C)OC(=O)c1ccccc1. The first-order valence-electron chi connectivity index (χ1n) is 7.67. The third-order valence-electron chi connectivity index (χ3n) is 3.52. The topological polar surface area (TPSA) is 26.3 Å². The second kappa shape index (κ2) is 7.47. The number of carbonyl (C=O) groups excluding carboxylic acids is 1. The normalized spacial score (nSPS) is 11.9. The lowest BCUT2D eigenvalue weighted by molar-refractivity contribution is -0.0418.